The highest BCUT2D eigenvalue weighted by Crippen LogP contribution is 2.45. The molecule has 6 aromatic rings. The van der Waals surface area contributed by atoms with Crippen LogP contribution in [0.15, 0.2) is 140 Å². The lowest BCUT2D eigenvalue weighted by molar-refractivity contribution is 0.0174. The molecule has 202 valence electrons. The third-order valence-corrected chi connectivity index (χ3v) is 13.9. The molecule has 0 saturated carbocycles. The fraction of sp³-hybridized carbons (Fsp3) is 0.0541. The Morgan fingerprint density at radius 3 is 1.74 bits per heavy atom. The number of para-hydroxylation sites is 2. The van der Waals surface area contributed by atoms with Gasteiger partial charge in [-0.1, -0.05) is 115 Å². The van der Waals surface area contributed by atoms with Gasteiger partial charge in [0.2, 0.25) is 0 Å². The number of anilines is 3. The Morgan fingerprint density at radius 2 is 1.14 bits per heavy atom. The minimum Gasteiger partial charge on any atom is -0.369 e. The van der Waals surface area contributed by atoms with Crippen LogP contribution in [0.25, 0.3) is 10.8 Å². The first-order chi connectivity index (χ1) is 20.6. The van der Waals surface area contributed by atoms with Gasteiger partial charge in [0, 0.05) is 40.3 Å². The Labute approximate surface area is 245 Å². The number of hydrogen-bond acceptors (Lipinski definition) is 3. The maximum absolute atomic E-state index is 13.3. The molecule has 42 heavy (non-hydrogen) atoms. The van der Waals surface area contributed by atoms with Crippen LogP contribution in [-0.2, 0) is 0 Å². The lowest BCUT2D eigenvalue weighted by Gasteiger charge is -2.45. The molecule has 1 atom stereocenters. The van der Waals surface area contributed by atoms with E-state index in [2.05, 4.69) is 126 Å². The van der Waals surface area contributed by atoms with Gasteiger partial charge in [-0.3, -0.25) is 4.79 Å². The summed E-state index contributed by atoms with van der Waals surface area (Å²) in [6.45, 7) is 0. The Hall–Kier alpha value is -4.97. The fourth-order valence-corrected chi connectivity index (χ4v) is 12.3. The van der Waals surface area contributed by atoms with E-state index in [-0.39, 0.29) is 5.91 Å². The fourth-order valence-electron chi connectivity index (χ4n) is 7.19. The van der Waals surface area contributed by atoms with E-state index in [0.29, 0.717) is 5.56 Å². The van der Waals surface area contributed by atoms with Crippen molar-refractivity contribution in [3.8, 4) is 0 Å². The zero-order valence-electron chi connectivity index (χ0n) is 23.1. The summed E-state index contributed by atoms with van der Waals surface area (Å²) in [6, 6.07) is 49.5. The summed E-state index contributed by atoms with van der Waals surface area (Å²) >= 11 is 0. The summed E-state index contributed by atoms with van der Waals surface area (Å²) in [5, 5.41) is 18.1. The standard InChI is InChI=1S/C37H28N2O2Si/c1-38-36(40)28-18-12-17-27-30(24-23-29(35(27)28)37(38)41)39-31-19-8-10-21-33(31)42(25-13-4-2-5-14-25,26-15-6-3-7-16-26)34-22-11-9-20-32(34)39/h2-24,37,41H,1H3. The Kier molecular flexibility index (Phi) is 5.48. The summed E-state index contributed by atoms with van der Waals surface area (Å²) in [6.07, 6.45) is -0.985. The largest absolute Gasteiger partial charge is 0.369 e. The molecule has 0 aromatic heterocycles. The average Bonchev–Trinajstić information content (AvgIpc) is 3.06. The van der Waals surface area contributed by atoms with E-state index in [1.807, 2.05) is 18.2 Å². The Bertz CT molecular complexity index is 1920. The molecule has 0 radical (unpaired) electrons. The van der Waals surface area contributed by atoms with Gasteiger partial charge in [-0.25, -0.2) is 0 Å². The van der Waals surface area contributed by atoms with Crippen LogP contribution >= 0.6 is 0 Å². The van der Waals surface area contributed by atoms with E-state index in [4.69, 9.17) is 0 Å². The molecule has 0 spiro atoms. The van der Waals surface area contributed by atoms with Gasteiger partial charge in [-0.2, -0.15) is 0 Å². The third-order valence-electron chi connectivity index (χ3n) is 9.00. The summed E-state index contributed by atoms with van der Waals surface area (Å²) in [7, 11) is -1.06. The molecular formula is C37H28N2O2Si. The van der Waals surface area contributed by atoms with Crippen molar-refractivity contribution in [3.63, 3.8) is 0 Å². The minimum absolute atomic E-state index is 0.170. The van der Waals surface area contributed by atoms with Gasteiger partial charge in [-0.05, 0) is 45.0 Å². The van der Waals surface area contributed by atoms with Crippen molar-refractivity contribution in [2.75, 3.05) is 11.9 Å². The smallest absolute Gasteiger partial charge is 0.256 e. The normalized spacial score (nSPS) is 16.7. The SMILES string of the molecule is CN1C(=O)c2cccc3c(N4c5ccccc5[Si](c5ccccc5)(c5ccccc5)c5ccccc54)ccc(c23)C1O. The first-order valence-electron chi connectivity index (χ1n) is 14.2. The zero-order valence-corrected chi connectivity index (χ0v) is 24.1. The molecule has 0 saturated heterocycles. The first-order valence-corrected chi connectivity index (χ1v) is 16.2. The molecule has 2 heterocycles. The van der Waals surface area contributed by atoms with E-state index >= 15 is 0 Å². The minimum atomic E-state index is -2.71. The van der Waals surface area contributed by atoms with E-state index in [0.717, 1.165) is 33.4 Å². The highest BCUT2D eigenvalue weighted by atomic mass is 28.3. The maximum Gasteiger partial charge on any atom is 0.256 e. The van der Waals surface area contributed by atoms with Crippen LogP contribution in [0.3, 0.4) is 0 Å². The van der Waals surface area contributed by atoms with Crippen LogP contribution in [0.2, 0.25) is 0 Å². The monoisotopic (exact) mass is 560 g/mol. The van der Waals surface area contributed by atoms with E-state index < -0.39 is 14.3 Å². The van der Waals surface area contributed by atoms with Crippen molar-refractivity contribution in [2.45, 2.75) is 6.23 Å². The molecular weight excluding hydrogens is 533 g/mol. The molecule has 1 N–H and O–H groups in total. The van der Waals surface area contributed by atoms with Crippen molar-refractivity contribution in [1.29, 1.82) is 0 Å². The number of benzene rings is 6. The molecule has 4 nitrogen and oxygen atoms in total. The number of aliphatic hydroxyl groups is 1. The molecule has 2 aliphatic rings. The lowest BCUT2D eigenvalue weighted by atomic mass is 9.92. The average molecular weight is 561 g/mol. The number of carbonyl (C=O) groups excluding carboxylic acids is 1. The summed E-state index contributed by atoms with van der Waals surface area (Å²) in [5.41, 5.74) is 4.63. The van der Waals surface area contributed by atoms with Gasteiger partial charge in [0.25, 0.3) is 5.91 Å². The molecule has 2 aliphatic heterocycles. The van der Waals surface area contributed by atoms with E-state index in [9.17, 15) is 9.90 Å². The Balaban J connectivity index is 1.49. The van der Waals surface area contributed by atoms with Crippen molar-refractivity contribution in [3.05, 3.63) is 151 Å². The maximum atomic E-state index is 13.3. The number of hydrogen-bond donors (Lipinski definition) is 1. The summed E-state index contributed by atoms with van der Waals surface area (Å²) < 4.78 is 0. The predicted molar refractivity (Wildman–Crippen MR) is 173 cm³/mol. The molecule has 0 fully saturated rings. The molecule has 6 aromatic carbocycles. The number of rotatable bonds is 3. The van der Waals surface area contributed by atoms with Gasteiger partial charge in [-0.15, -0.1) is 0 Å². The predicted octanol–water partition coefficient (Wildman–Crippen LogP) is 5.08. The van der Waals surface area contributed by atoms with Crippen molar-refractivity contribution in [1.82, 2.24) is 4.90 Å². The van der Waals surface area contributed by atoms with Gasteiger partial charge in [0.05, 0.1) is 5.69 Å². The van der Waals surface area contributed by atoms with E-state index in [1.165, 1.54) is 25.6 Å². The highest BCUT2D eigenvalue weighted by Gasteiger charge is 2.48. The first kappa shape index (κ1) is 24.8. The number of aliphatic hydroxyl groups excluding tert-OH is 1. The Morgan fingerprint density at radius 1 is 0.595 bits per heavy atom. The second-order valence-electron chi connectivity index (χ2n) is 11.0. The number of nitrogens with zero attached hydrogens (tertiary/aromatic N) is 2. The summed E-state index contributed by atoms with van der Waals surface area (Å²) in [5.74, 6) is -0.170. The van der Waals surface area contributed by atoms with Crippen LogP contribution in [0.4, 0.5) is 17.1 Å². The lowest BCUT2D eigenvalue weighted by Crippen LogP contribution is -2.77. The van der Waals surface area contributed by atoms with E-state index in [1.54, 1.807) is 7.05 Å². The van der Waals surface area contributed by atoms with Gasteiger partial charge >= 0.3 is 0 Å². The zero-order chi connectivity index (χ0) is 28.4. The van der Waals surface area contributed by atoms with Crippen LogP contribution in [0, 0.1) is 0 Å². The molecule has 8 rings (SSSR count). The second-order valence-corrected chi connectivity index (χ2v) is 14.8. The van der Waals surface area contributed by atoms with Crippen LogP contribution in [-0.4, -0.2) is 31.0 Å². The van der Waals surface area contributed by atoms with Crippen molar-refractivity contribution >= 4 is 62.6 Å². The van der Waals surface area contributed by atoms with Crippen LogP contribution < -0.4 is 25.6 Å². The molecule has 1 unspecified atom stereocenters. The quantitative estimate of drug-likeness (QED) is 0.307. The van der Waals surface area contributed by atoms with Gasteiger partial charge in [0.15, 0.2) is 14.3 Å². The van der Waals surface area contributed by atoms with Gasteiger partial charge in [0.1, 0.15) is 0 Å². The molecule has 0 bridgehead atoms. The van der Waals surface area contributed by atoms with Crippen molar-refractivity contribution < 1.29 is 9.90 Å². The topological polar surface area (TPSA) is 43.8 Å². The molecule has 0 aliphatic carbocycles. The van der Waals surface area contributed by atoms with Crippen molar-refractivity contribution in [2.24, 2.45) is 0 Å². The number of amides is 1. The third kappa shape index (κ3) is 3.23. The highest BCUT2D eigenvalue weighted by molar-refractivity contribution is 7.21. The number of fused-ring (bicyclic) bond motifs is 2. The van der Waals surface area contributed by atoms with Crippen LogP contribution in [0.1, 0.15) is 22.1 Å². The van der Waals surface area contributed by atoms with Crippen LogP contribution in [0.5, 0.6) is 0 Å². The number of carbonyl (C=O) groups is 1. The second kappa shape index (κ2) is 9.28. The molecule has 1 amide bonds. The molecule has 5 heteroatoms. The summed E-state index contributed by atoms with van der Waals surface area (Å²) in [4.78, 5) is 17.0. The van der Waals surface area contributed by atoms with Gasteiger partial charge < -0.3 is 14.9 Å².